The molecule has 2 aromatic heterocycles. The van der Waals surface area contributed by atoms with Gasteiger partial charge in [0.15, 0.2) is 5.82 Å². The molecule has 0 aliphatic heterocycles. The van der Waals surface area contributed by atoms with Crippen LogP contribution in [0, 0.1) is 6.92 Å². The lowest BCUT2D eigenvalue weighted by Gasteiger charge is -1.98. The topological polar surface area (TPSA) is 68.3 Å². The number of anilines is 1. The van der Waals surface area contributed by atoms with Gasteiger partial charge in [-0.2, -0.15) is 0 Å². The summed E-state index contributed by atoms with van der Waals surface area (Å²) in [5.74, 6) is 1.81. The maximum absolute atomic E-state index is 11.5. The minimum atomic E-state index is -0.107. The summed E-state index contributed by atoms with van der Waals surface area (Å²) in [5.41, 5.74) is 0. The number of aryl methyl sites for hydroxylation is 2. The number of aromatic nitrogens is 1. The van der Waals surface area contributed by atoms with Gasteiger partial charge in [0.25, 0.3) is 0 Å². The minimum absolute atomic E-state index is 0.107. The van der Waals surface area contributed by atoms with Gasteiger partial charge in [-0.25, -0.2) is 0 Å². The molecule has 0 aromatic carbocycles. The zero-order chi connectivity index (χ0) is 11.4. The van der Waals surface area contributed by atoms with E-state index in [2.05, 4.69) is 10.5 Å². The molecule has 0 aliphatic carbocycles. The van der Waals surface area contributed by atoms with Crippen LogP contribution in [-0.4, -0.2) is 11.1 Å². The molecule has 0 saturated carbocycles. The molecular weight excluding hydrogens is 208 g/mol. The van der Waals surface area contributed by atoms with Gasteiger partial charge in [0.05, 0.1) is 6.26 Å². The predicted octanol–water partition coefficient (Wildman–Crippen LogP) is 2.15. The number of nitrogens with one attached hydrogen (secondary N) is 1. The lowest BCUT2D eigenvalue weighted by Crippen LogP contribution is -2.12. The first kappa shape index (κ1) is 10.5. The van der Waals surface area contributed by atoms with Crippen LogP contribution >= 0.6 is 0 Å². The van der Waals surface area contributed by atoms with Gasteiger partial charge in [-0.05, 0) is 19.1 Å². The van der Waals surface area contributed by atoms with Crippen LogP contribution in [0.2, 0.25) is 0 Å². The van der Waals surface area contributed by atoms with Gasteiger partial charge in [-0.3, -0.25) is 4.79 Å². The molecule has 0 aliphatic rings. The first-order valence-corrected chi connectivity index (χ1v) is 4.99. The van der Waals surface area contributed by atoms with Crippen molar-refractivity contribution in [3.63, 3.8) is 0 Å². The van der Waals surface area contributed by atoms with Crippen molar-refractivity contribution < 1.29 is 13.7 Å². The van der Waals surface area contributed by atoms with Crippen molar-refractivity contribution in [2.45, 2.75) is 19.8 Å². The van der Waals surface area contributed by atoms with E-state index in [9.17, 15) is 4.79 Å². The average Bonchev–Trinajstić information content (AvgIpc) is 2.87. The van der Waals surface area contributed by atoms with E-state index in [1.165, 1.54) is 0 Å². The van der Waals surface area contributed by atoms with Crippen LogP contribution in [0.4, 0.5) is 5.82 Å². The van der Waals surface area contributed by atoms with E-state index in [-0.39, 0.29) is 5.91 Å². The lowest BCUT2D eigenvalue weighted by molar-refractivity contribution is -0.116. The van der Waals surface area contributed by atoms with Crippen molar-refractivity contribution in [2.24, 2.45) is 0 Å². The molecule has 1 N–H and O–H groups in total. The zero-order valence-corrected chi connectivity index (χ0v) is 8.90. The summed E-state index contributed by atoms with van der Waals surface area (Å²) >= 11 is 0. The first-order chi connectivity index (χ1) is 7.74. The van der Waals surface area contributed by atoms with Crippen LogP contribution in [0.25, 0.3) is 0 Å². The molecule has 0 saturated heterocycles. The third-order valence-electron chi connectivity index (χ3n) is 2.07. The molecule has 0 spiro atoms. The second-order valence-corrected chi connectivity index (χ2v) is 3.45. The van der Waals surface area contributed by atoms with Gasteiger partial charge in [-0.1, -0.05) is 5.16 Å². The van der Waals surface area contributed by atoms with Gasteiger partial charge in [0, 0.05) is 18.9 Å². The predicted molar refractivity (Wildman–Crippen MR) is 56.9 cm³/mol. The van der Waals surface area contributed by atoms with E-state index < -0.39 is 0 Å². The highest BCUT2D eigenvalue weighted by Gasteiger charge is 2.07. The zero-order valence-electron chi connectivity index (χ0n) is 8.90. The van der Waals surface area contributed by atoms with Crippen LogP contribution in [0.15, 0.2) is 33.4 Å². The summed E-state index contributed by atoms with van der Waals surface area (Å²) in [6.45, 7) is 1.77. The fourth-order valence-corrected chi connectivity index (χ4v) is 1.32. The molecule has 2 aromatic rings. The third-order valence-corrected chi connectivity index (χ3v) is 2.07. The standard InChI is InChI=1S/C11H12N2O3/c1-8-7-10(13-16-8)12-11(14)5-4-9-3-2-6-15-9/h2-3,6-7H,4-5H2,1H3,(H,12,13,14). The number of hydrogen-bond donors (Lipinski definition) is 1. The molecule has 1 amide bonds. The normalized spacial score (nSPS) is 10.3. The molecule has 0 bridgehead atoms. The Kier molecular flexibility index (Phi) is 3.05. The van der Waals surface area contributed by atoms with Crippen molar-refractivity contribution in [1.29, 1.82) is 0 Å². The fourth-order valence-electron chi connectivity index (χ4n) is 1.32. The Morgan fingerprint density at radius 2 is 2.44 bits per heavy atom. The molecule has 0 fully saturated rings. The first-order valence-electron chi connectivity index (χ1n) is 4.99. The van der Waals surface area contributed by atoms with Crippen molar-refractivity contribution in [2.75, 3.05) is 5.32 Å². The second-order valence-electron chi connectivity index (χ2n) is 3.45. The van der Waals surface area contributed by atoms with E-state index >= 15 is 0 Å². The number of furan rings is 1. The molecule has 5 nitrogen and oxygen atoms in total. The van der Waals surface area contributed by atoms with E-state index in [4.69, 9.17) is 8.94 Å². The highest BCUT2D eigenvalue weighted by molar-refractivity contribution is 5.89. The van der Waals surface area contributed by atoms with Crippen molar-refractivity contribution in [3.8, 4) is 0 Å². The quantitative estimate of drug-likeness (QED) is 0.857. The van der Waals surface area contributed by atoms with E-state index in [0.29, 0.717) is 24.4 Å². The largest absolute Gasteiger partial charge is 0.469 e. The summed E-state index contributed by atoms with van der Waals surface area (Å²) < 4.78 is 9.96. The number of carbonyl (C=O) groups is 1. The molecule has 0 atom stereocenters. The second kappa shape index (κ2) is 4.65. The number of nitrogens with zero attached hydrogens (tertiary/aromatic N) is 1. The summed E-state index contributed by atoms with van der Waals surface area (Å²) in [6, 6.07) is 5.31. The third kappa shape index (κ3) is 2.73. The van der Waals surface area contributed by atoms with Gasteiger partial charge < -0.3 is 14.3 Å². The highest BCUT2D eigenvalue weighted by Crippen LogP contribution is 2.09. The summed E-state index contributed by atoms with van der Waals surface area (Å²) in [5, 5.41) is 6.31. The minimum Gasteiger partial charge on any atom is -0.469 e. The number of hydrogen-bond acceptors (Lipinski definition) is 4. The molecular formula is C11H12N2O3. The Labute approximate surface area is 92.4 Å². The Morgan fingerprint density at radius 1 is 1.56 bits per heavy atom. The highest BCUT2D eigenvalue weighted by atomic mass is 16.5. The fraction of sp³-hybridized carbons (Fsp3) is 0.273. The molecule has 16 heavy (non-hydrogen) atoms. The average molecular weight is 220 g/mol. The monoisotopic (exact) mass is 220 g/mol. The van der Waals surface area contributed by atoms with Crippen LogP contribution in [0.3, 0.4) is 0 Å². The van der Waals surface area contributed by atoms with Crippen LogP contribution in [0.1, 0.15) is 17.9 Å². The molecule has 84 valence electrons. The Bertz CT molecular complexity index is 459. The van der Waals surface area contributed by atoms with Crippen molar-refractivity contribution in [1.82, 2.24) is 5.16 Å². The Morgan fingerprint density at radius 3 is 3.06 bits per heavy atom. The van der Waals surface area contributed by atoms with Gasteiger partial charge in [0.2, 0.25) is 5.91 Å². The van der Waals surface area contributed by atoms with E-state index in [1.807, 2.05) is 6.07 Å². The summed E-state index contributed by atoms with van der Waals surface area (Å²) in [4.78, 5) is 11.5. The van der Waals surface area contributed by atoms with Crippen LogP contribution in [0.5, 0.6) is 0 Å². The van der Waals surface area contributed by atoms with Gasteiger partial charge >= 0.3 is 0 Å². The smallest absolute Gasteiger partial charge is 0.226 e. The number of amides is 1. The van der Waals surface area contributed by atoms with Gasteiger partial charge in [-0.15, -0.1) is 0 Å². The van der Waals surface area contributed by atoms with E-state index in [0.717, 1.165) is 5.76 Å². The number of rotatable bonds is 4. The maximum atomic E-state index is 11.5. The SMILES string of the molecule is Cc1cc(NC(=O)CCc2ccco2)no1. The molecule has 5 heteroatoms. The van der Waals surface area contributed by atoms with E-state index in [1.54, 1.807) is 25.3 Å². The summed E-state index contributed by atoms with van der Waals surface area (Å²) in [7, 11) is 0. The lowest BCUT2D eigenvalue weighted by atomic mass is 10.2. The van der Waals surface area contributed by atoms with Crippen LogP contribution < -0.4 is 5.32 Å². The number of carbonyl (C=O) groups excluding carboxylic acids is 1. The molecule has 0 radical (unpaired) electrons. The summed E-state index contributed by atoms with van der Waals surface area (Å²) in [6.07, 6.45) is 2.53. The Balaban J connectivity index is 1.81. The Hall–Kier alpha value is -2.04. The maximum Gasteiger partial charge on any atom is 0.226 e. The van der Waals surface area contributed by atoms with Crippen molar-refractivity contribution in [3.05, 3.63) is 36.0 Å². The molecule has 2 rings (SSSR count). The van der Waals surface area contributed by atoms with Crippen molar-refractivity contribution >= 4 is 11.7 Å². The van der Waals surface area contributed by atoms with Gasteiger partial charge in [0.1, 0.15) is 11.5 Å². The molecule has 0 unspecified atom stereocenters. The van der Waals surface area contributed by atoms with Crippen LogP contribution in [-0.2, 0) is 11.2 Å². The molecule has 2 heterocycles.